The molecule has 0 saturated heterocycles. The van der Waals surface area contributed by atoms with E-state index in [1.54, 1.807) is 0 Å². The van der Waals surface area contributed by atoms with Gasteiger partial charge in [0.15, 0.2) is 0 Å². The van der Waals surface area contributed by atoms with Gasteiger partial charge in [0.2, 0.25) is 0 Å². The van der Waals surface area contributed by atoms with Crippen LogP contribution < -0.4 is 0 Å². The second-order valence-corrected chi connectivity index (χ2v) is 13.5. The van der Waals surface area contributed by atoms with Crippen LogP contribution in [-0.2, 0) is 0 Å². The molecule has 0 radical (unpaired) electrons. The van der Waals surface area contributed by atoms with Gasteiger partial charge in [-0.3, -0.25) is 0 Å². The Hall–Kier alpha value is -5.45. The SMILES string of the molecule is C1=CC2c3ccccc3SC2c2c1c1ccccc1n2-c1ccc2oc3cccc(-c4cccc5oc6ccccc6c45)c3c2c1. The fraction of sp³-hybridized carbons (Fsp3) is 0.0476. The van der Waals surface area contributed by atoms with Gasteiger partial charge in [0.25, 0.3) is 0 Å². The summed E-state index contributed by atoms with van der Waals surface area (Å²) in [5.74, 6) is 0.354. The van der Waals surface area contributed by atoms with Crippen molar-refractivity contribution in [3.63, 3.8) is 0 Å². The lowest BCUT2D eigenvalue weighted by molar-refractivity contribution is 0.668. The Morgan fingerprint density at radius 3 is 2.09 bits per heavy atom. The smallest absolute Gasteiger partial charge is 0.136 e. The van der Waals surface area contributed by atoms with Crippen LogP contribution >= 0.6 is 11.8 Å². The van der Waals surface area contributed by atoms with Gasteiger partial charge in [-0.1, -0.05) is 91.0 Å². The number of thioether (sulfide) groups is 1. The fourth-order valence-electron chi connectivity index (χ4n) is 8.06. The van der Waals surface area contributed by atoms with Crippen LogP contribution in [0.4, 0.5) is 0 Å². The summed E-state index contributed by atoms with van der Waals surface area (Å²) >= 11 is 2.00. The monoisotopic (exact) mass is 607 g/mol. The lowest BCUT2D eigenvalue weighted by atomic mass is 9.87. The number of nitrogens with zero attached hydrogens (tertiary/aromatic N) is 1. The van der Waals surface area contributed by atoms with E-state index in [1.165, 1.54) is 32.6 Å². The van der Waals surface area contributed by atoms with Crippen molar-refractivity contribution in [2.24, 2.45) is 0 Å². The molecule has 0 bridgehead atoms. The highest BCUT2D eigenvalue weighted by Crippen LogP contribution is 2.59. The Morgan fingerprint density at radius 2 is 1.24 bits per heavy atom. The highest BCUT2D eigenvalue weighted by atomic mass is 32.2. The molecule has 3 nitrogen and oxygen atoms in total. The summed E-state index contributed by atoms with van der Waals surface area (Å²) in [5.41, 5.74) is 12.4. The number of hydrogen-bond donors (Lipinski definition) is 0. The number of furan rings is 2. The maximum absolute atomic E-state index is 6.53. The van der Waals surface area contributed by atoms with Crippen LogP contribution in [0.3, 0.4) is 0 Å². The Bertz CT molecular complexity index is 2760. The Morgan fingerprint density at radius 1 is 0.565 bits per heavy atom. The number of para-hydroxylation sites is 2. The Balaban J connectivity index is 1.18. The summed E-state index contributed by atoms with van der Waals surface area (Å²) in [4.78, 5) is 1.38. The first-order chi connectivity index (χ1) is 22.8. The maximum Gasteiger partial charge on any atom is 0.136 e. The van der Waals surface area contributed by atoms with E-state index >= 15 is 0 Å². The summed E-state index contributed by atoms with van der Waals surface area (Å²) in [6.45, 7) is 0. The van der Waals surface area contributed by atoms with Crippen molar-refractivity contribution in [2.75, 3.05) is 0 Å². The summed E-state index contributed by atoms with van der Waals surface area (Å²) in [7, 11) is 0. The molecule has 2 aliphatic rings. The summed E-state index contributed by atoms with van der Waals surface area (Å²) in [5, 5.41) is 6.11. The van der Waals surface area contributed by atoms with Gasteiger partial charge in [-0.25, -0.2) is 0 Å². The van der Waals surface area contributed by atoms with Crippen LogP contribution in [0.5, 0.6) is 0 Å². The number of benzene rings is 6. The number of allylic oxidation sites excluding steroid dienone is 1. The average molecular weight is 608 g/mol. The van der Waals surface area contributed by atoms with E-state index in [0.29, 0.717) is 11.2 Å². The van der Waals surface area contributed by atoms with Crippen LogP contribution in [0.15, 0.2) is 147 Å². The minimum atomic E-state index is 0.309. The first kappa shape index (κ1) is 24.8. The minimum absolute atomic E-state index is 0.309. The normalized spacial score (nSPS) is 17.0. The van der Waals surface area contributed by atoms with E-state index < -0.39 is 0 Å². The lowest BCUT2D eigenvalue weighted by Gasteiger charge is -2.24. The third kappa shape index (κ3) is 3.24. The van der Waals surface area contributed by atoms with Gasteiger partial charge < -0.3 is 13.4 Å². The number of aromatic nitrogens is 1. The zero-order chi connectivity index (χ0) is 29.9. The van der Waals surface area contributed by atoms with Gasteiger partial charge in [0.05, 0.1) is 10.8 Å². The number of rotatable bonds is 2. The fourth-order valence-corrected chi connectivity index (χ4v) is 9.56. The third-order valence-corrected chi connectivity index (χ3v) is 11.4. The number of hydrogen-bond acceptors (Lipinski definition) is 3. The molecule has 46 heavy (non-hydrogen) atoms. The zero-order valence-electron chi connectivity index (χ0n) is 24.6. The van der Waals surface area contributed by atoms with Crippen molar-refractivity contribution in [2.45, 2.75) is 16.1 Å². The highest BCUT2D eigenvalue weighted by molar-refractivity contribution is 8.00. The molecular formula is C42H25NO2S. The molecule has 0 saturated carbocycles. The Kier molecular flexibility index (Phi) is 4.89. The molecular weight excluding hydrogens is 583 g/mol. The Labute approximate surface area is 268 Å². The van der Waals surface area contributed by atoms with Crippen LogP contribution in [-0.4, -0.2) is 4.57 Å². The first-order valence-corrected chi connectivity index (χ1v) is 16.6. The van der Waals surface area contributed by atoms with Crippen LogP contribution in [0.1, 0.15) is 28.0 Å². The second kappa shape index (κ2) is 9.06. The highest BCUT2D eigenvalue weighted by Gasteiger charge is 2.39. The molecule has 3 aromatic heterocycles. The van der Waals surface area contributed by atoms with E-state index in [0.717, 1.165) is 60.7 Å². The standard InChI is InChI=1S/C42H25NO2S/c1-4-14-33-25(9-1)29-20-21-30-26-10-3-6-18-38(26)46-42(30)41(29)43(33)24-19-22-35-32(23-24)40-28(13-8-17-37(40)45-35)27-12-7-16-36-39(27)31-11-2-5-15-34(31)44-36/h1-23,30,42H. The largest absolute Gasteiger partial charge is 0.456 e. The van der Waals surface area contributed by atoms with E-state index in [9.17, 15) is 0 Å². The molecule has 0 N–H and O–H groups in total. The van der Waals surface area contributed by atoms with Crippen LogP contribution in [0, 0.1) is 0 Å². The molecule has 1 aliphatic carbocycles. The van der Waals surface area contributed by atoms with E-state index in [4.69, 9.17) is 8.83 Å². The van der Waals surface area contributed by atoms with E-state index in [-0.39, 0.29) is 0 Å². The summed E-state index contributed by atoms with van der Waals surface area (Å²) in [6.07, 6.45) is 4.78. The molecule has 2 unspecified atom stereocenters. The minimum Gasteiger partial charge on any atom is -0.456 e. The van der Waals surface area contributed by atoms with Crippen molar-refractivity contribution < 1.29 is 8.83 Å². The summed E-state index contributed by atoms with van der Waals surface area (Å²) in [6, 6.07) is 45.5. The molecule has 0 spiro atoms. The molecule has 9 aromatic rings. The quantitative estimate of drug-likeness (QED) is 0.196. The molecule has 216 valence electrons. The zero-order valence-corrected chi connectivity index (χ0v) is 25.4. The maximum atomic E-state index is 6.53. The predicted molar refractivity (Wildman–Crippen MR) is 190 cm³/mol. The van der Waals surface area contributed by atoms with Gasteiger partial charge in [-0.15, -0.1) is 11.8 Å². The van der Waals surface area contributed by atoms with E-state index in [1.807, 2.05) is 23.9 Å². The van der Waals surface area contributed by atoms with Crippen LogP contribution in [0.2, 0.25) is 0 Å². The molecule has 1 aliphatic heterocycles. The molecule has 4 heteroatoms. The molecule has 6 aromatic carbocycles. The van der Waals surface area contributed by atoms with Gasteiger partial charge >= 0.3 is 0 Å². The van der Waals surface area contributed by atoms with Gasteiger partial charge in [-0.05, 0) is 65.2 Å². The van der Waals surface area contributed by atoms with Gasteiger partial charge in [-0.2, -0.15) is 0 Å². The van der Waals surface area contributed by atoms with Crippen LogP contribution in [0.25, 0.3) is 77.7 Å². The van der Waals surface area contributed by atoms with Crippen molar-refractivity contribution in [1.29, 1.82) is 0 Å². The van der Waals surface area contributed by atoms with Crippen molar-refractivity contribution in [3.05, 3.63) is 150 Å². The van der Waals surface area contributed by atoms with E-state index in [2.05, 4.69) is 132 Å². The lowest BCUT2D eigenvalue weighted by Crippen LogP contribution is -2.11. The van der Waals surface area contributed by atoms with Gasteiger partial charge in [0.1, 0.15) is 22.3 Å². The predicted octanol–water partition coefficient (Wildman–Crippen LogP) is 12.1. The average Bonchev–Trinajstić information content (AvgIpc) is 3.86. The molecule has 4 heterocycles. The molecule has 2 atom stereocenters. The third-order valence-electron chi connectivity index (χ3n) is 9.98. The molecule has 0 fully saturated rings. The number of fused-ring (bicyclic) bond motifs is 13. The topological polar surface area (TPSA) is 31.2 Å². The van der Waals surface area contributed by atoms with Crippen molar-refractivity contribution >= 4 is 72.6 Å². The molecule has 11 rings (SSSR count). The van der Waals surface area contributed by atoms with Crippen molar-refractivity contribution in [1.82, 2.24) is 4.57 Å². The summed E-state index contributed by atoms with van der Waals surface area (Å²) < 4.78 is 15.3. The second-order valence-electron chi connectivity index (χ2n) is 12.4. The molecule has 0 amide bonds. The first-order valence-electron chi connectivity index (χ1n) is 15.8. The van der Waals surface area contributed by atoms with Gasteiger partial charge in [0, 0.05) is 54.7 Å². The van der Waals surface area contributed by atoms with Crippen molar-refractivity contribution in [3.8, 4) is 16.8 Å².